The lowest BCUT2D eigenvalue weighted by molar-refractivity contribution is 0.266. The number of para-hydroxylation sites is 2. The highest BCUT2D eigenvalue weighted by atomic mass is 19.1. The lowest BCUT2D eigenvalue weighted by Gasteiger charge is -2.15. The van der Waals surface area contributed by atoms with Gasteiger partial charge in [0.25, 0.3) is 5.56 Å². The van der Waals surface area contributed by atoms with Crippen molar-refractivity contribution < 1.29 is 23.0 Å². The highest BCUT2D eigenvalue weighted by molar-refractivity contribution is 5.85. The zero-order valence-electron chi connectivity index (χ0n) is 22.2. The molecule has 41 heavy (non-hydrogen) atoms. The number of methoxy groups -OCH3 is 2. The topological polar surface area (TPSA) is 88.1 Å². The Kier molecular flexibility index (Phi) is 6.91. The minimum absolute atomic E-state index is 0.180. The number of furan rings is 1. The van der Waals surface area contributed by atoms with Crippen LogP contribution in [0.4, 0.5) is 4.39 Å². The van der Waals surface area contributed by atoms with Gasteiger partial charge in [-0.15, -0.1) is 0 Å². The molecule has 6 aromatic rings. The van der Waals surface area contributed by atoms with Gasteiger partial charge in [-0.05, 0) is 54.1 Å². The molecule has 6 rings (SSSR count). The number of ether oxygens (including phenoxy) is 3. The molecule has 8 nitrogen and oxygen atoms in total. The van der Waals surface area contributed by atoms with E-state index in [1.807, 2.05) is 36.4 Å². The summed E-state index contributed by atoms with van der Waals surface area (Å²) in [6.07, 6.45) is 1.51. The minimum atomic E-state index is -0.347. The van der Waals surface area contributed by atoms with Gasteiger partial charge in [-0.3, -0.25) is 4.79 Å². The first-order chi connectivity index (χ1) is 20.0. The Bertz CT molecular complexity index is 1900. The van der Waals surface area contributed by atoms with Crippen LogP contribution in [0.15, 0.2) is 105 Å². The first-order valence-electron chi connectivity index (χ1n) is 12.7. The van der Waals surface area contributed by atoms with E-state index < -0.39 is 0 Å². The largest absolute Gasteiger partial charge is 0.493 e. The summed E-state index contributed by atoms with van der Waals surface area (Å²) in [7, 11) is 3.02. The van der Waals surface area contributed by atoms with Crippen LogP contribution in [0, 0.1) is 5.82 Å². The van der Waals surface area contributed by atoms with Gasteiger partial charge in [0.1, 0.15) is 18.0 Å². The summed E-state index contributed by atoms with van der Waals surface area (Å²) < 4.78 is 37.7. The van der Waals surface area contributed by atoms with Gasteiger partial charge in [0.2, 0.25) is 11.6 Å². The van der Waals surface area contributed by atoms with E-state index in [4.69, 9.17) is 23.6 Å². The maximum absolute atomic E-state index is 13.6. The number of hydrogen-bond acceptors (Lipinski definition) is 7. The Labute approximate surface area is 233 Å². The molecule has 0 radical (unpaired) electrons. The highest BCUT2D eigenvalue weighted by Gasteiger charge is 2.18. The maximum Gasteiger partial charge on any atom is 0.282 e. The Morgan fingerprint density at radius 3 is 2.37 bits per heavy atom. The standard InChI is InChI=1S/C32H24FN3O5/c1-38-27-15-21(16-28(39-2)30(27)40-19-20-11-13-23(33)14-12-20)18-34-36-31(29-17-22-7-3-6-10-26(22)41-29)35-25-9-5-4-8-24(25)32(36)37/h3-18H,19H2,1-2H3. The van der Waals surface area contributed by atoms with Gasteiger partial charge in [-0.25, -0.2) is 9.37 Å². The van der Waals surface area contributed by atoms with Crippen molar-refractivity contribution >= 4 is 28.1 Å². The number of fused-ring (bicyclic) bond motifs is 2. The van der Waals surface area contributed by atoms with E-state index in [-0.39, 0.29) is 23.8 Å². The second-order valence-corrected chi connectivity index (χ2v) is 9.13. The molecule has 2 aromatic heterocycles. The molecule has 0 amide bonds. The lowest BCUT2D eigenvalue weighted by Crippen LogP contribution is -2.20. The van der Waals surface area contributed by atoms with E-state index in [2.05, 4.69) is 5.10 Å². The molecule has 0 N–H and O–H groups in total. The van der Waals surface area contributed by atoms with Crippen LogP contribution in [-0.4, -0.2) is 30.1 Å². The van der Waals surface area contributed by atoms with Crippen molar-refractivity contribution in [3.8, 4) is 28.8 Å². The molecule has 0 spiro atoms. The third-order valence-corrected chi connectivity index (χ3v) is 6.50. The lowest BCUT2D eigenvalue weighted by atomic mass is 10.2. The molecule has 2 heterocycles. The molecule has 0 saturated carbocycles. The Morgan fingerprint density at radius 1 is 0.927 bits per heavy atom. The summed E-state index contributed by atoms with van der Waals surface area (Å²) in [4.78, 5) is 18.3. The molecule has 9 heteroatoms. The SMILES string of the molecule is COc1cc(C=Nn2c(-c3cc4ccccc4o3)nc3ccccc3c2=O)cc(OC)c1OCc1ccc(F)cc1. The van der Waals surface area contributed by atoms with Crippen molar-refractivity contribution in [2.75, 3.05) is 14.2 Å². The van der Waals surface area contributed by atoms with Crippen LogP contribution in [-0.2, 0) is 6.61 Å². The third-order valence-electron chi connectivity index (χ3n) is 6.50. The van der Waals surface area contributed by atoms with Gasteiger partial charge in [0.05, 0.1) is 31.3 Å². The van der Waals surface area contributed by atoms with E-state index in [1.54, 1.807) is 42.5 Å². The van der Waals surface area contributed by atoms with Crippen LogP contribution in [0.2, 0.25) is 0 Å². The number of nitrogens with zero attached hydrogens (tertiary/aromatic N) is 3. The Balaban J connectivity index is 1.40. The first-order valence-corrected chi connectivity index (χ1v) is 12.7. The molecule has 0 bridgehead atoms. The van der Waals surface area contributed by atoms with Crippen molar-refractivity contribution in [2.45, 2.75) is 6.61 Å². The summed E-state index contributed by atoms with van der Waals surface area (Å²) in [5.41, 5.74) is 2.22. The minimum Gasteiger partial charge on any atom is -0.493 e. The smallest absolute Gasteiger partial charge is 0.282 e. The Morgan fingerprint density at radius 2 is 1.63 bits per heavy atom. The monoisotopic (exact) mass is 549 g/mol. The molecule has 0 aliphatic heterocycles. The summed E-state index contributed by atoms with van der Waals surface area (Å²) >= 11 is 0. The number of halogens is 1. The van der Waals surface area contributed by atoms with Crippen LogP contribution in [0.25, 0.3) is 33.5 Å². The zero-order chi connectivity index (χ0) is 28.3. The fourth-order valence-corrected chi connectivity index (χ4v) is 4.46. The van der Waals surface area contributed by atoms with Crippen LogP contribution in [0.3, 0.4) is 0 Å². The molecular weight excluding hydrogens is 525 g/mol. The van der Waals surface area contributed by atoms with E-state index in [0.717, 1.165) is 10.9 Å². The summed E-state index contributed by atoms with van der Waals surface area (Å²) in [6, 6.07) is 25.9. The average Bonchev–Trinajstić information content (AvgIpc) is 3.44. The summed E-state index contributed by atoms with van der Waals surface area (Å²) in [5, 5.41) is 5.83. The molecule has 0 atom stereocenters. The normalized spacial score (nSPS) is 11.4. The summed E-state index contributed by atoms with van der Waals surface area (Å²) in [5.74, 6) is 1.52. The van der Waals surface area contributed by atoms with Crippen molar-refractivity contribution in [3.63, 3.8) is 0 Å². The first kappa shape index (κ1) is 25.8. The third kappa shape index (κ3) is 5.12. The van der Waals surface area contributed by atoms with Crippen molar-refractivity contribution in [2.24, 2.45) is 5.10 Å². The van der Waals surface area contributed by atoms with Crippen LogP contribution in [0.1, 0.15) is 11.1 Å². The molecule has 0 unspecified atom stereocenters. The fourth-order valence-electron chi connectivity index (χ4n) is 4.46. The van der Waals surface area contributed by atoms with E-state index in [0.29, 0.717) is 45.1 Å². The average molecular weight is 550 g/mol. The van der Waals surface area contributed by atoms with Crippen LogP contribution in [0.5, 0.6) is 17.2 Å². The zero-order valence-corrected chi connectivity index (χ0v) is 22.2. The van der Waals surface area contributed by atoms with Crippen LogP contribution < -0.4 is 19.8 Å². The van der Waals surface area contributed by atoms with Crippen LogP contribution >= 0.6 is 0 Å². The second kappa shape index (κ2) is 11.0. The number of hydrogen-bond donors (Lipinski definition) is 0. The van der Waals surface area contributed by atoms with Gasteiger partial charge in [-0.1, -0.05) is 42.5 Å². The van der Waals surface area contributed by atoms with Gasteiger partial charge in [0, 0.05) is 10.9 Å². The van der Waals surface area contributed by atoms with Crippen molar-refractivity contribution in [1.82, 2.24) is 9.66 Å². The molecule has 0 fully saturated rings. The molecule has 4 aromatic carbocycles. The number of benzene rings is 4. The summed E-state index contributed by atoms with van der Waals surface area (Å²) in [6.45, 7) is 0.180. The highest BCUT2D eigenvalue weighted by Crippen LogP contribution is 2.39. The quantitative estimate of drug-likeness (QED) is 0.204. The second-order valence-electron chi connectivity index (χ2n) is 9.13. The van der Waals surface area contributed by atoms with Gasteiger partial charge < -0.3 is 18.6 Å². The van der Waals surface area contributed by atoms with Gasteiger partial charge in [-0.2, -0.15) is 9.78 Å². The molecule has 204 valence electrons. The molecule has 0 aliphatic rings. The molecule has 0 saturated heterocycles. The van der Waals surface area contributed by atoms with E-state index in [9.17, 15) is 9.18 Å². The van der Waals surface area contributed by atoms with Crippen molar-refractivity contribution in [1.29, 1.82) is 0 Å². The van der Waals surface area contributed by atoms with E-state index in [1.165, 1.54) is 37.2 Å². The number of rotatable bonds is 8. The predicted octanol–water partition coefficient (Wildman–Crippen LogP) is 6.43. The van der Waals surface area contributed by atoms with E-state index >= 15 is 0 Å². The molecule has 0 aliphatic carbocycles. The van der Waals surface area contributed by atoms with Gasteiger partial charge >= 0.3 is 0 Å². The molecular formula is C32H24FN3O5. The van der Waals surface area contributed by atoms with Gasteiger partial charge in [0.15, 0.2) is 17.3 Å². The Hall–Kier alpha value is -5.44. The van der Waals surface area contributed by atoms with Crippen molar-refractivity contribution in [3.05, 3.63) is 118 Å². The number of aromatic nitrogens is 2. The maximum atomic E-state index is 13.6. The predicted molar refractivity (Wildman–Crippen MR) is 154 cm³/mol. The fraction of sp³-hybridized carbons (Fsp3) is 0.0938.